The molecule has 2 aromatic carbocycles. The van der Waals surface area contributed by atoms with E-state index in [2.05, 4.69) is 31.9 Å². The van der Waals surface area contributed by atoms with E-state index in [0.717, 1.165) is 75.7 Å². The average molecular weight is 537 g/mol. The Morgan fingerprint density at radius 2 is 1.71 bits per heavy atom. The molecule has 0 amide bonds. The number of piperidine rings is 1. The lowest BCUT2D eigenvalue weighted by atomic mass is 9.82. The van der Waals surface area contributed by atoms with Crippen molar-refractivity contribution in [3.05, 3.63) is 71.5 Å². The molecule has 9 heteroatoms. The van der Waals surface area contributed by atoms with Crippen LogP contribution in [0.25, 0.3) is 11.1 Å². The number of ether oxygens (including phenoxy) is 2. The van der Waals surface area contributed by atoms with Gasteiger partial charge in [0.1, 0.15) is 5.75 Å². The fourth-order valence-corrected chi connectivity index (χ4v) is 5.62. The first kappa shape index (κ1) is 26.4. The number of carboxylic acids is 1. The van der Waals surface area contributed by atoms with Crippen LogP contribution in [0.3, 0.4) is 0 Å². The van der Waals surface area contributed by atoms with Crippen molar-refractivity contribution in [3.63, 3.8) is 0 Å². The van der Waals surface area contributed by atoms with Crippen molar-refractivity contribution in [2.45, 2.75) is 31.2 Å². The summed E-state index contributed by atoms with van der Waals surface area (Å²) in [7, 11) is 0. The van der Waals surface area contributed by atoms with Crippen molar-refractivity contribution in [1.29, 1.82) is 0 Å². The first-order chi connectivity index (χ1) is 18.5. The Bertz CT molecular complexity index is 1210. The number of hydrogen-bond acceptors (Lipinski definition) is 7. The minimum Gasteiger partial charge on any atom is -0.492 e. The van der Waals surface area contributed by atoms with E-state index in [9.17, 15) is 4.79 Å². The number of nitrogens with zero attached hydrogens (tertiary/aromatic N) is 4. The molecule has 0 bridgehead atoms. The maximum absolute atomic E-state index is 11.1. The van der Waals surface area contributed by atoms with Gasteiger partial charge in [-0.1, -0.05) is 48.0 Å². The van der Waals surface area contributed by atoms with Gasteiger partial charge >= 0.3 is 5.97 Å². The van der Waals surface area contributed by atoms with Gasteiger partial charge < -0.3 is 19.5 Å². The molecule has 1 N–H and O–H groups in total. The monoisotopic (exact) mass is 536 g/mol. The number of aromatic nitrogens is 2. The minimum atomic E-state index is -0.880. The Morgan fingerprint density at radius 3 is 2.39 bits per heavy atom. The van der Waals surface area contributed by atoms with Crippen LogP contribution in [0.5, 0.6) is 5.75 Å². The third-order valence-corrected chi connectivity index (χ3v) is 7.89. The molecule has 8 nitrogen and oxygen atoms in total. The summed E-state index contributed by atoms with van der Waals surface area (Å²) >= 11 is 6.35. The molecule has 0 unspecified atom stereocenters. The Balaban J connectivity index is 1.24. The number of carboxylic acid groups (broad SMARTS) is 1. The van der Waals surface area contributed by atoms with Gasteiger partial charge in [0.2, 0.25) is 5.95 Å². The number of rotatable bonds is 9. The highest BCUT2D eigenvalue weighted by Crippen LogP contribution is 2.35. The molecule has 200 valence electrons. The second-order valence-electron chi connectivity index (χ2n) is 9.88. The zero-order valence-corrected chi connectivity index (χ0v) is 22.1. The third kappa shape index (κ3) is 6.26. The van der Waals surface area contributed by atoms with Crippen LogP contribution >= 0.6 is 11.6 Å². The number of morpholine rings is 1. The highest BCUT2D eigenvalue weighted by atomic mass is 35.5. The predicted octanol–water partition coefficient (Wildman–Crippen LogP) is 4.56. The molecule has 38 heavy (non-hydrogen) atoms. The molecule has 2 aliphatic rings. The summed E-state index contributed by atoms with van der Waals surface area (Å²) in [5.41, 5.74) is 2.77. The van der Waals surface area contributed by atoms with Crippen molar-refractivity contribution < 1.29 is 19.4 Å². The Labute approximate surface area is 228 Å². The second-order valence-corrected chi connectivity index (χ2v) is 10.3. The number of hydrogen-bond donors (Lipinski definition) is 1. The van der Waals surface area contributed by atoms with E-state index in [4.69, 9.17) is 26.2 Å². The second kappa shape index (κ2) is 12.1. The van der Waals surface area contributed by atoms with Crippen molar-refractivity contribution in [1.82, 2.24) is 14.9 Å². The first-order valence-corrected chi connectivity index (χ1v) is 13.5. The fraction of sp³-hybridized carbons (Fsp3) is 0.414. The number of benzene rings is 2. The molecule has 0 atom stereocenters. The molecule has 2 aliphatic heterocycles. The summed E-state index contributed by atoms with van der Waals surface area (Å²) in [5, 5.41) is 9.61. The molecule has 5 rings (SSSR count). The van der Waals surface area contributed by atoms with Crippen LogP contribution < -0.4 is 9.64 Å². The van der Waals surface area contributed by atoms with Crippen LogP contribution in [0.15, 0.2) is 60.9 Å². The molecular weight excluding hydrogens is 504 g/mol. The number of anilines is 1. The van der Waals surface area contributed by atoms with E-state index in [1.165, 1.54) is 0 Å². The average Bonchev–Trinajstić information content (AvgIpc) is 2.96. The van der Waals surface area contributed by atoms with Gasteiger partial charge in [-0.2, -0.15) is 0 Å². The van der Waals surface area contributed by atoms with E-state index < -0.39 is 5.97 Å². The summed E-state index contributed by atoms with van der Waals surface area (Å²) in [6, 6.07) is 15.3. The van der Waals surface area contributed by atoms with Crippen LogP contribution in [0.4, 0.5) is 5.95 Å². The lowest BCUT2D eigenvalue weighted by Gasteiger charge is -2.50. The molecule has 0 saturated carbocycles. The van der Waals surface area contributed by atoms with Crippen molar-refractivity contribution in [3.8, 4) is 16.9 Å². The minimum absolute atomic E-state index is 0.0184. The van der Waals surface area contributed by atoms with Gasteiger partial charge in [-0.05, 0) is 42.5 Å². The Kier molecular flexibility index (Phi) is 8.42. The standard InChI is InChI=1S/C29H33ClN4O4/c30-25-7-6-22(19-27(35)36)18-26(25)38-15-10-29(34-13-16-37-17-14-34)8-11-33(12-9-29)28-31-20-24(21-32-28)23-4-2-1-3-5-23/h1-7,18,20-21H,8-17,19H2,(H,35,36). The quantitative estimate of drug-likeness (QED) is 0.426. The smallest absolute Gasteiger partial charge is 0.307 e. The molecule has 0 radical (unpaired) electrons. The molecule has 0 spiro atoms. The summed E-state index contributed by atoms with van der Waals surface area (Å²) in [5.74, 6) is 0.417. The Hall–Kier alpha value is -3.20. The maximum Gasteiger partial charge on any atom is 0.307 e. The number of carbonyl (C=O) groups is 1. The van der Waals surface area contributed by atoms with E-state index in [0.29, 0.717) is 22.9 Å². The van der Waals surface area contributed by atoms with Gasteiger partial charge in [0.25, 0.3) is 0 Å². The van der Waals surface area contributed by atoms with Crippen molar-refractivity contribution >= 4 is 23.5 Å². The highest BCUT2D eigenvalue weighted by Gasteiger charge is 2.40. The van der Waals surface area contributed by atoms with Gasteiger partial charge in [-0.3, -0.25) is 9.69 Å². The zero-order chi connectivity index (χ0) is 26.4. The highest BCUT2D eigenvalue weighted by molar-refractivity contribution is 6.32. The molecule has 3 aromatic rings. The first-order valence-electron chi connectivity index (χ1n) is 13.1. The van der Waals surface area contributed by atoms with Gasteiger partial charge in [0.05, 0.1) is 31.3 Å². The van der Waals surface area contributed by atoms with Crippen LogP contribution in [-0.2, 0) is 16.0 Å². The van der Waals surface area contributed by atoms with Crippen molar-refractivity contribution in [2.75, 3.05) is 50.9 Å². The van der Waals surface area contributed by atoms with Crippen LogP contribution in [-0.4, -0.2) is 77.5 Å². The third-order valence-electron chi connectivity index (χ3n) is 7.58. The van der Waals surface area contributed by atoms with E-state index in [1.807, 2.05) is 30.6 Å². The van der Waals surface area contributed by atoms with Crippen LogP contribution in [0, 0.1) is 0 Å². The Morgan fingerprint density at radius 1 is 1.00 bits per heavy atom. The lowest BCUT2D eigenvalue weighted by molar-refractivity contribution is -0.136. The van der Waals surface area contributed by atoms with Gasteiger partial charge in [-0.25, -0.2) is 9.97 Å². The predicted molar refractivity (Wildman–Crippen MR) is 147 cm³/mol. The summed E-state index contributed by atoms with van der Waals surface area (Å²) in [6.07, 6.45) is 6.51. The van der Waals surface area contributed by atoms with E-state index >= 15 is 0 Å². The lowest BCUT2D eigenvalue weighted by Crippen LogP contribution is -2.59. The van der Waals surface area contributed by atoms with E-state index in [1.54, 1.807) is 18.2 Å². The van der Waals surface area contributed by atoms with Gasteiger partial charge in [-0.15, -0.1) is 0 Å². The number of aliphatic carboxylic acids is 1. The van der Waals surface area contributed by atoms with Crippen molar-refractivity contribution in [2.24, 2.45) is 0 Å². The maximum atomic E-state index is 11.1. The molecule has 1 aromatic heterocycles. The molecular formula is C29H33ClN4O4. The normalized spacial score (nSPS) is 17.8. The molecule has 3 heterocycles. The zero-order valence-electron chi connectivity index (χ0n) is 21.4. The van der Waals surface area contributed by atoms with Gasteiger partial charge in [0.15, 0.2) is 0 Å². The SMILES string of the molecule is O=C(O)Cc1ccc(Cl)c(OCCC2(N3CCOCC3)CCN(c3ncc(-c4ccccc4)cn3)CC2)c1. The fourth-order valence-electron chi connectivity index (χ4n) is 5.44. The summed E-state index contributed by atoms with van der Waals surface area (Å²) in [4.78, 5) is 25.3. The largest absolute Gasteiger partial charge is 0.492 e. The van der Waals surface area contributed by atoms with Crippen LogP contribution in [0.1, 0.15) is 24.8 Å². The molecule has 0 aliphatic carbocycles. The summed E-state index contributed by atoms with van der Waals surface area (Å²) < 4.78 is 11.8. The number of halogens is 1. The molecule has 2 fully saturated rings. The molecule has 2 saturated heterocycles. The van der Waals surface area contributed by atoms with Gasteiger partial charge in [0, 0.05) is 49.7 Å². The van der Waals surface area contributed by atoms with Crippen LogP contribution in [0.2, 0.25) is 5.02 Å². The summed E-state index contributed by atoms with van der Waals surface area (Å²) in [6.45, 7) is 5.48. The van der Waals surface area contributed by atoms with E-state index in [-0.39, 0.29) is 12.0 Å². The topological polar surface area (TPSA) is 88.0 Å².